The highest BCUT2D eigenvalue weighted by atomic mass is 19.1. The molecule has 0 aromatic heterocycles. The second-order valence-corrected chi connectivity index (χ2v) is 5.69. The predicted octanol–water partition coefficient (Wildman–Crippen LogP) is 4.42. The first-order valence-corrected chi connectivity index (χ1v) is 7.29. The van der Waals surface area contributed by atoms with E-state index in [1.165, 1.54) is 11.6 Å². The van der Waals surface area contributed by atoms with Crippen molar-refractivity contribution in [3.8, 4) is 0 Å². The molecule has 0 amide bonds. The normalized spacial score (nSPS) is 23.1. The molecule has 0 heterocycles. The molecule has 104 valence electrons. The van der Waals surface area contributed by atoms with Crippen LogP contribution < -0.4 is 5.32 Å². The Kier molecular flexibility index (Phi) is 3.83. The van der Waals surface area contributed by atoms with Gasteiger partial charge in [0.05, 0.1) is 0 Å². The molecule has 3 rings (SSSR count). The monoisotopic (exact) mass is 269 g/mol. The topological polar surface area (TPSA) is 12.0 Å². The molecular weight excluding hydrogens is 249 g/mol. The van der Waals surface area contributed by atoms with Crippen LogP contribution in [0.25, 0.3) is 0 Å². The SMILES string of the molecule is C[C@@H](NC1CC(c2ccccc2)C1)c1ccccc1F. The molecule has 1 atom stereocenters. The summed E-state index contributed by atoms with van der Waals surface area (Å²) in [5, 5.41) is 3.53. The molecule has 2 aromatic carbocycles. The Labute approximate surface area is 119 Å². The van der Waals surface area contributed by atoms with Crippen LogP contribution >= 0.6 is 0 Å². The van der Waals surface area contributed by atoms with Crippen molar-refractivity contribution >= 4 is 0 Å². The van der Waals surface area contributed by atoms with Crippen LogP contribution in [0.4, 0.5) is 4.39 Å². The van der Waals surface area contributed by atoms with Gasteiger partial charge in [-0.15, -0.1) is 0 Å². The zero-order valence-corrected chi connectivity index (χ0v) is 11.7. The van der Waals surface area contributed by atoms with Crippen LogP contribution in [0.15, 0.2) is 54.6 Å². The number of halogens is 1. The molecule has 1 aliphatic carbocycles. The van der Waals surface area contributed by atoms with E-state index in [4.69, 9.17) is 0 Å². The molecule has 2 aromatic rings. The molecule has 0 radical (unpaired) electrons. The molecule has 1 fully saturated rings. The molecule has 0 bridgehead atoms. The van der Waals surface area contributed by atoms with Crippen molar-refractivity contribution in [1.82, 2.24) is 5.32 Å². The minimum Gasteiger partial charge on any atom is -0.307 e. The Morgan fingerprint density at radius 1 is 1.00 bits per heavy atom. The molecule has 1 saturated carbocycles. The highest BCUT2D eigenvalue weighted by Gasteiger charge is 2.31. The summed E-state index contributed by atoms with van der Waals surface area (Å²) in [5.74, 6) is 0.535. The van der Waals surface area contributed by atoms with Gasteiger partial charge in [0, 0.05) is 17.6 Å². The smallest absolute Gasteiger partial charge is 0.127 e. The Hall–Kier alpha value is -1.67. The largest absolute Gasteiger partial charge is 0.307 e. The first kappa shape index (κ1) is 13.3. The lowest BCUT2D eigenvalue weighted by Crippen LogP contribution is -2.41. The van der Waals surface area contributed by atoms with Gasteiger partial charge >= 0.3 is 0 Å². The zero-order valence-electron chi connectivity index (χ0n) is 11.7. The molecule has 0 aliphatic heterocycles. The van der Waals surface area contributed by atoms with Crippen LogP contribution in [0.2, 0.25) is 0 Å². The lowest BCUT2D eigenvalue weighted by atomic mass is 9.75. The molecular formula is C18H20FN. The second-order valence-electron chi connectivity index (χ2n) is 5.69. The summed E-state index contributed by atoms with van der Waals surface area (Å²) in [6, 6.07) is 18.2. The Bertz CT molecular complexity index is 561. The van der Waals surface area contributed by atoms with Crippen molar-refractivity contribution in [2.24, 2.45) is 0 Å². The molecule has 1 nitrogen and oxygen atoms in total. The highest BCUT2D eigenvalue weighted by Crippen LogP contribution is 2.37. The van der Waals surface area contributed by atoms with Crippen LogP contribution in [0.3, 0.4) is 0 Å². The molecule has 0 saturated heterocycles. The third-order valence-corrected chi connectivity index (χ3v) is 4.27. The number of benzene rings is 2. The van der Waals surface area contributed by atoms with Crippen molar-refractivity contribution in [3.63, 3.8) is 0 Å². The van der Waals surface area contributed by atoms with Crippen molar-refractivity contribution in [3.05, 3.63) is 71.5 Å². The van der Waals surface area contributed by atoms with E-state index in [1.807, 2.05) is 19.1 Å². The summed E-state index contributed by atoms with van der Waals surface area (Å²) in [6.45, 7) is 2.04. The Balaban J connectivity index is 1.55. The summed E-state index contributed by atoms with van der Waals surface area (Å²) in [6.07, 6.45) is 2.28. The molecule has 2 heteroatoms. The number of hydrogen-bond acceptors (Lipinski definition) is 1. The maximum atomic E-state index is 13.7. The number of hydrogen-bond donors (Lipinski definition) is 1. The van der Waals surface area contributed by atoms with E-state index in [0.717, 1.165) is 18.4 Å². The quantitative estimate of drug-likeness (QED) is 0.866. The third-order valence-electron chi connectivity index (χ3n) is 4.27. The summed E-state index contributed by atoms with van der Waals surface area (Å²) >= 11 is 0. The van der Waals surface area contributed by atoms with Gasteiger partial charge in [0.1, 0.15) is 5.82 Å². The average Bonchev–Trinajstić information content (AvgIpc) is 2.43. The zero-order chi connectivity index (χ0) is 13.9. The van der Waals surface area contributed by atoms with Gasteiger partial charge in [-0.1, -0.05) is 48.5 Å². The van der Waals surface area contributed by atoms with Gasteiger partial charge in [-0.25, -0.2) is 4.39 Å². The highest BCUT2D eigenvalue weighted by molar-refractivity contribution is 5.24. The fourth-order valence-electron chi connectivity index (χ4n) is 3.02. The molecule has 1 N–H and O–H groups in total. The summed E-state index contributed by atoms with van der Waals surface area (Å²) in [7, 11) is 0. The number of nitrogens with one attached hydrogen (secondary N) is 1. The van der Waals surface area contributed by atoms with E-state index in [9.17, 15) is 4.39 Å². The average molecular weight is 269 g/mol. The summed E-state index contributed by atoms with van der Waals surface area (Å²) < 4.78 is 13.7. The minimum absolute atomic E-state index is 0.0675. The standard InChI is InChI=1S/C18H20FN/c1-13(17-9-5-6-10-18(17)19)20-16-11-15(12-16)14-7-3-2-4-8-14/h2-10,13,15-16,20H,11-12H2,1H3/t13-,15?,16?/m1/s1. The summed E-state index contributed by atoms with van der Waals surface area (Å²) in [5.41, 5.74) is 2.18. The molecule has 0 spiro atoms. The van der Waals surface area contributed by atoms with E-state index < -0.39 is 0 Å². The minimum atomic E-state index is -0.119. The van der Waals surface area contributed by atoms with Crippen molar-refractivity contribution in [1.29, 1.82) is 0 Å². The van der Waals surface area contributed by atoms with Gasteiger partial charge in [0.2, 0.25) is 0 Å². The van der Waals surface area contributed by atoms with E-state index in [0.29, 0.717) is 12.0 Å². The van der Waals surface area contributed by atoms with Gasteiger partial charge in [-0.2, -0.15) is 0 Å². The summed E-state index contributed by atoms with van der Waals surface area (Å²) in [4.78, 5) is 0. The lowest BCUT2D eigenvalue weighted by Gasteiger charge is -2.38. The van der Waals surface area contributed by atoms with Gasteiger partial charge < -0.3 is 5.32 Å². The molecule has 20 heavy (non-hydrogen) atoms. The van der Waals surface area contributed by atoms with Gasteiger partial charge in [-0.05, 0) is 37.3 Å². The van der Waals surface area contributed by atoms with Crippen LogP contribution in [-0.4, -0.2) is 6.04 Å². The third kappa shape index (κ3) is 2.75. The second kappa shape index (κ2) is 5.76. The first-order chi connectivity index (χ1) is 9.74. The van der Waals surface area contributed by atoms with E-state index in [2.05, 4.69) is 35.6 Å². The fourth-order valence-corrected chi connectivity index (χ4v) is 3.02. The van der Waals surface area contributed by atoms with Crippen molar-refractivity contribution in [2.75, 3.05) is 0 Å². The first-order valence-electron chi connectivity index (χ1n) is 7.29. The maximum absolute atomic E-state index is 13.7. The van der Waals surface area contributed by atoms with Gasteiger partial charge in [0.15, 0.2) is 0 Å². The van der Waals surface area contributed by atoms with Gasteiger partial charge in [-0.3, -0.25) is 0 Å². The maximum Gasteiger partial charge on any atom is 0.127 e. The number of rotatable bonds is 4. The predicted molar refractivity (Wildman–Crippen MR) is 80.2 cm³/mol. The van der Waals surface area contributed by atoms with Crippen molar-refractivity contribution < 1.29 is 4.39 Å². The van der Waals surface area contributed by atoms with Crippen LogP contribution in [0.5, 0.6) is 0 Å². The van der Waals surface area contributed by atoms with Gasteiger partial charge in [0.25, 0.3) is 0 Å². The lowest BCUT2D eigenvalue weighted by molar-refractivity contribution is 0.269. The van der Waals surface area contributed by atoms with Crippen LogP contribution in [0.1, 0.15) is 42.9 Å². The van der Waals surface area contributed by atoms with E-state index in [1.54, 1.807) is 6.07 Å². The Morgan fingerprint density at radius 2 is 1.65 bits per heavy atom. The van der Waals surface area contributed by atoms with Crippen LogP contribution in [0, 0.1) is 5.82 Å². The van der Waals surface area contributed by atoms with E-state index >= 15 is 0 Å². The van der Waals surface area contributed by atoms with Crippen LogP contribution in [-0.2, 0) is 0 Å². The molecule has 1 aliphatic rings. The molecule has 0 unspecified atom stereocenters. The van der Waals surface area contributed by atoms with Crippen molar-refractivity contribution in [2.45, 2.75) is 37.8 Å². The Morgan fingerprint density at radius 3 is 2.35 bits per heavy atom. The fraction of sp³-hybridized carbons (Fsp3) is 0.333. The van der Waals surface area contributed by atoms with E-state index in [-0.39, 0.29) is 11.9 Å².